The molecule has 0 saturated carbocycles. The van der Waals surface area contributed by atoms with Crippen LogP contribution in [0.25, 0.3) is 0 Å². The minimum atomic E-state index is -0.626. The summed E-state index contributed by atoms with van der Waals surface area (Å²) in [5, 5.41) is 3.87. The highest BCUT2D eigenvalue weighted by Gasteiger charge is 2.35. The fraction of sp³-hybridized carbons (Fsp3) is 0.435. The number of ether oxygens (including phenoxy) is 2. The summed E-state index contributed by atoms with van der Waals surface area (Å²) in [7, 11) is 0. The molecule has 5 heteroatoms. The van der Waals surface area contributed by atoms with Crippen molar-refractivity contribution in [3.8, 4) is 11.5 Å². The van der Waals surface area contributed by atoms with E-state index >= 15 is 0 Å². The first-order valence-electron chi connectivity index (χ1n) is 9.59. The van der Waals surface area contributed by atoms with Gasteiger partial charge in [-0.15, -0.1) is 0 Å². The van der Waals surface area contributed by atoms with Crippen LogP contribution in [0.4, 0.5) is 0 Å². The number of aryl methyl sites for hydroxylation is 3. The van der Waals surface area contributed by atoms with Gasteiger partial charge in [-0.25, -0.2) is 0 Å². The van der Waals surface area contributed by atoms with E-state index in [0.29, 0.717) is 12.2 Å². The molecule has 0 aromatic heterocycles. The van der Waals surface area contributed by atoms with E-state index in [4.69, 9.17) is 21.1 Å². The molecule has 0 spiro atoms. The van der Waals surface area contributed by atoms with E-state index in [9.17, 15) is 4.79 Å². The van der Waals surface area contributed by atoms with Crippen molar-refractivity contribution in [1.82, 2.24) is 5.32 Å². The Balaban J connectivity index is 1.76. The van der Waals surface area contributed by atoms with Crippen LogP contribution in [0.3, 0.4) is 0 Å². The van der Waals surface area contributed by atoms with Crippen molar-refractivity contribution in [3.63, 3.8) is 0 Å². The van der Waals surface area contributed by atoms with Gasteiger partial charge in [-0.1, -0.05) is 29.3 Å². The molecule has 1 aliphatic heterocycles. The van der Waals surface area contributed by atoms with Gasteiger partial charge in [0, 0.05) is 17.0 Å². The maximum atomic E-state index is 12.9. The van der Waals surface area contributed by atoms with Crippen LogP contribution in [-0.4, -0.2) is 17.6 Å². The molecule has 0 fully saturated rings. The van der Waals surface area contributed by atoms with E-state index in [-0.39, 0.29) is 17.6 Å². The molecule has 0 aliphatic carbocycles. The Bertz CT molecular complexity index is 884. The predicted octanol–water partition coefficient (Wildman–Crippen LogP) is 5.45. The van der Waals surface area contributed by atoms with Gasteiger partial charge >= 0.3 is 0 Å². The Kier molecular flexibility index (Phi) is 5.62. The number of hydrogen-bond acceptors (Lipinski definition) is 3. The molecule has 1 aliphatic rings. The number of benzene rings is 2. The number of carbonyl (C=O) groups is 1. The number of rotatable bonds is 4. The van der Waals surface area contributed by atoms with Crippen molar-refractivity contribution >= 4 is 17.5 Å². The molecule has 1 heterocycles. The molecule has 0 saturated heterocycles. The van der Waals surface area contributed by atoms with E-state index in [2.05, 4.69) is 11.4 Å². The minimum Gasteiger partial charge on any atom is -0.487 e. The fourth-order valence-corrected chi connectivity index (χ4v) is 3.73. The summed E-state index contributed by atoms with van der Waals surface area (Å²) >= 11 is 6.22. The van der Waals surface area contributed by atoms with Gasteiger partial charge < -0.3 is 14.8 Å². The van der Waals surface area contributed by atoms with Gasteiger partial charge in [-0.3, -0.25) is 4.79 Å². The maximum Gasteiger partial charge on any atom is 0.261 e. The third kappa shape index (κ3) is 4.44. The zero-order valence-electron chi connectivity index (χ0n) is 17.4. The number of nitrogens with one attached hydrogen (secondary N) is 1. The summed E-state index contributed by atoms with van der Waals surface area (Å²) in [6.45, 7) is 11.7. The average molecular weight is 402 g/mol. The molecule has 2 atom stereocenters. The number of hydrogen-bond donors (Lipinski definition) is 1. The van der Waals surface area contributed by atoms with Gasteiger partial charge in [0.15, 0.2) is 6.10 Å². The van der Waals surface area contributed by atoms with Gasteiger partial charge in [0.1, 0.15) is 17.1 Å². The van der Waals surface area contributed by atoms with Gasteiger partial charge in [0.25, 0.3) is 5.91 Å². The molecule has 2 aromatic carbocycles. The van der Waals surface area contributed by atoms with E-state index in [0.717, 1.165) is 33.0 Å². The first-order chi connectivity index (χ1) is 13.1. The lowest BCUT2D eigenvalue weighted by atomic mass is 9.89. The molecular weight excluding hydrogens is 374 g/mol. The number of amides is 1. The van der Waals surface area contributed by atoms with Crippen molar-refractivity contribution in [1.29, 1.82) is 0 Å². The second-order valence-corrected chi connectivity index (χ2v) is 8.68. The van der Waals surface area contributed by atoms with E-state index in [1.807, 2.05) is 58.9 Å². The van der Waals surface area contributed by atoms with Crippen LogP contribution in [0.1, 0.15) is 55.5 Å². The second-order valence-electron chi connectivity index (χ2n) is 8.30. The van der Waals surface area contributed by atoms with E-state index < -0.39 is 6.10 Å². The largest absolute Gasteiger partial charge is 0.487 e. The summed E-state index contributed by atoms with van der Waals surface area (Å²) in [4.78, 5) is 12.9. The number of carbonyl (C=O) groups excluding carboxylic acids is 1. The zero-order chi connectivity index (χ0) is 20.6. The van der Waals surface area contributed by atoms with Gasteiger partial charge in [-0.2, -0.15) is 0 Å². The lowest BCUT2D eigenvalue weighted by Crippen LogP contribution is -2.44. The number of halogens is 1. The van der Waals surface area contributed by atoms with Crippen LogP contribution in [0.5, 0.6) is 11.5 Å². The summed E-state index contributed by atoms with van der Waals surface area (Å²) in [6, 6.07) is 9.67. The van der Waals surface area contributed by atoms with E-state index in [1.54, 1.807) is 6.92 Å². The van der Waals surface area contributed by atoms with E-state index in [1.165, 1.54) is 0 Å². The smallest absolute Gasteiger partial charge is 0.261 e. The van der Waals surface area contributed by atoms with Gasteiger partial charge in [-0.05, 0) is 70.9 Å². The topological polar surface area (TPSA) is 47.6 Å². The lowest BCUT2D eigenvalue weighted by Gasteiger charge is -2.38. The van der Waals surface area contributed by atoms with Crippen LogP contribution in [0, 0.1) is 20.8 Å². The third-order valence-electron chi connectivity index (χ3n) is 5.03. The van der Waals surface area contributed by atoms with Crippen molar-refractivity contribution in [2.24, 2.45) is 0 Å². The standard InChI is InChI=1S/C23H28ClNO3/c1-13-7-8-20-18(9-13)19(12-23(5,6)28-20)25-22(26)16(4)27-17-10-14(2)21(24)15(3)11-17/h7-11,16,19H,12H2,1-6H3,(H,25,26)/t16-,19+/m1/s1. The summed E-state index contributed by atoms with van der Waals surface area (Å²) < 4.78 is 12.0. The predicted molar refractivity (Wildman–Crippen MR) is 112 cm³/mol. The van der Waals surface area contributed by atoms with Crippen LogP contribution in [0.15, 0.2) is 30.3 Å². The molecule has 28 heavy (non-hydrogen) atoms. The second kappa shape index (κ2) is 7.67. The van der Waals surface area contributed by atoms with Crippen molar-refractivity contribution < 1.29 is 14.3 Å². The Morgan fingerprint density at radius 3 is 2.50 bits per heavy atom. The fourth-order valence-electron chi connectivity index (χ4n) is 3.62. The molecule has 0 bridgehead atoms. The molecule has 1 N–H and O–H groups in total. The lowest BCUT2D eigenvalue weighted by molar-refractivity contribution is -0.128. The normalized spacial score (nSPS) is 18.6. The Labute approximate surface area is 172 Å². The van der Waals surface area contributed by atoms with Crippen molar-refractivity contribution in [2.75, 3.05) is 0 Å². The van der Waals surface area contributed by atoms with Crippen molar-refractivity contribution in [3.05, 3.63) is 57.6 Å². The SMILES string of the molecule is Cc1ccc2c(c1)[C@@H](NC(=O)[C@@H](C)Oc1cc(C)c(Cl)c(C)c1)CC(C)(C)O2. The molecule has 4 nitrogen and oxygen atoms in total. The molecule has 2 aromatic rings. The van der Waals surface area contributed by atoms with Crippen LogP contribution < -0.4 is 14.8 Å². The van der Waals surface area contributed by atoms with Crippen LogP contribution in [-0.2, 0) is 4.79 Å². The average Bonchev–Trinajstić information content (AvgIpc) is 2.59. The molecule has 3 rings (SSSR count). The maximum absolute atomic E-state index is 12.9. The first-order valence-corrected chi connectivity index (χ1v) is 9.97. The molecule has 150 valence electrons. The summed E-state index contributed by atoms with van der Waals surface area (Å²) in [6.07, 6.45) is 0.0698. The highest BCUT2D eigenvalue weighted by atomic mass is 35.5. The molecule has 1 amide bonds. The van der Waals surface area contributed by atoms with Gasteiger partial charge in [0.05, 0.1) is 6.04 Å². The van der Waals surface area contributed by atoms with Crippen LogP contribution >= 0.6 is 11.6 Å². The van der Waals surface area contributed by atoms with Gasteiger partial charge in [0.2, 0.25) is 0 Å². The summed E-state index contributed by atoms with van der Waals surface area (Å²) in [5.41, 5.74) is 3.66. The molecular formula is C23H28ClNO3. The van der Waals surface area contributed by atoms with Crippen LogP contribution in [0.2, 0.25) is 5.02 Å². The summed E-state index contributed by atoms with van der Waals surface area (Å²) in [5.74, 6) is 1.32. The molecule has 0 radical (unpaired) electrons. The monoisotopic (exact) mass is 401 g/mol. The zero-order valence-corrected chi connectivity index (χ0v) is 18.1. The Hall–Kier alpha value is -2.20. The first kappa shape index (κ1) is 20.5. The quantitative estimate of drug-likeness (QED) is 0.740. The number of fused-ring (bicyclic) bond motifs is 1. The Morgan fingerprint density at radius 1 is 1.21 bits per heavy atom. The minimum absolute atomic E-state index is 0.120. The third-order valence-corrected chi connectivity index (χ3v) is 5.63. The molecule has 0 unspecified atom stereocenters. The van der Waals surface area contributed by atoms with Crippen molar-refractivity contribution in [2.45, 2.75) is 65.7 Å². The highest BCUT2D eigenvalue weighted by Crippen LogP contribution is 2.40. The highest BCUT2D eigenvalue weighted by molar-refractivity contribution is 6.32. The Morgan fingerprint density at radius 2 is 1.86 bits per heavy atom.